The largest absolute Gasteiger partial charge is 0.383 e. The molecular weight excluding hydrogens is 332 g/mol. The highest BCUT2D eigenvalue weighted by Crippen LogP contribution is 2.18. The van der Waals surface area contributed by atoms with E-state index in [0.717, 1.165) is 29.7 Å². The lowest BCUT2D eigenvalue weighted by molar-refractivity contribution is -0.117. The molecule has 2 rings (SSSR count). The SMILES string of the molecule is CCCc1noc(CN(CCOC)CC(=O)Nc2cccc(C)c2C)n1. The number of hydrogen-bond acceptors (Lipinski definition) is 6. The van der Waals surface area contributed by atoms with Gasteiger partial charge in [0.1, 0.15) is 0 Å². The van der Waals surface area contributed by atoms with Crippen LogP contribution in [0.15, 0.2) is 22.7 Å². The number of amides is 1. The van der Waals surface area contributed by atoms with Gasteiger partial charge >= 0.3 is 0 Å². The Labute approximate surface area is 154 Å². The number of ether oxygens (including phenoxy) is 1. The van der Waals surface area contributed by atoms with Crippen LogP contribution in [0.25, 0.3) is 0 Å². The molecule has 1 aromatic heterocycles. The third-order valence-electron chi connectivity index (χ3n) is 4.20. The molecule has 1 aromatic carbocycles. The maximum atomic E-state index is 12.5. The zero-order valence-corrected chi connectivity index (χ0v) is 16.0. The molecule has 2 aromatic rings. The molecule has 0 unspecified atom stereocenters. The molecule has 142 valence electrons. The molecule has 1 heterocycles. The highest BCUT2D eigenvalue weighted by molar-refractivity contribution is 5.93. The normalized spacial score (nSPS) is 11.1. The van der Waals surface area contributed by atoms with Crippen LogP contribution >= 0.6 is 0 Å². The number of anilines is 1. The summed E-state index contributed by atoms with van der Waals surface area (Å²) in [7, 11) is 1.64. The molecule has 0 radical (unpaired) electrons. The first-order chi connectivity index (χ1) is 12.5. The van der Waals surface area contributed by atoms with Gasteiger partial charge in [0.05, 0.1) is 19.7 Å². The van der Waals surface area contributed by atoms with Crippen LogP contribution in [0.3, 0.4) is 0 Å². The van der Waals surface area contributed by atoms with Crippen molar-refractivity contribution in [2.24, 2.45) is 0 Å². The molecule has 0 aliphatic heterocycles. The number of aromatic nitrogens is 2. The Hall–Kier alpha value is -2.25. The third-order valence-corrected chi connectivity index (χ3v) is 4.20. The Balaban J connectivity index is 1.99. The van der Waals surface area contributed by atoms with E-state index in [2.05, 4.69) is 22.4 Å². The monoisotopic (exact) mass is 360 g/mol. The second kappa shape index (κ2) is 10.0. The molecule has 0 aliphatic carbocycles. The van der Waals surface area contributed by atoms with Gasteiger partial charge in [-0.25, -0.2) is 0 Å². The number of nitrogens with zero attached hydrogens (tertiary/aromatic N) is 3. The number of benzene rings is 1. The lowest BCUT2D eigenvalue weighted by Crippen LogP contribution is -2.35. The summed E-state index contributed by atoms with van der Waals surface area (Å²) in [6.45, 7) is 7.86. The van der Waals surface area contributed by atoms with E-state index < -0.39 is 0 Å². The van der Waals surface area contributed by atoms with E-state index >= 15 is 0 Å². The van der Waals surface area contributed by atoms with E-state index in [1.165, 1.54) is 0 Å². The van der Waals surface area contributed by atoms with Gasteiger partial charge in [0.25, 0.3) is 0 Å². The minimum Gasteiger partial charge on any atom is -0.383 e. The fourth-order valence-corrected chi connectivity index (χ4v) is 2.58. The van der Waals surface area contributed by atoms with Crippen LogP contribution < -0.4 is 5.32 Å². The zero-order valence-electron chi connectivity index (χ0n) is 16.0. The van der Waals surface area contributed by atoms with Crippen molar-refractivity contribution in [3.8, 4) is 0 Å². The van der Waals surface area contributed by atoms with Crippen molar-refractivity contribution in [1.82, 2.24) is 15.0 Å². The maximum absolute atomic E-state index is 12.5. The van der Waals surface area contributed by atoms with Crippen LogP contribution in [-0.4, -0.2) is 47.8 Å². The summed E-state index contributed by atoms with van der Waals surface area (Å²) in [6.07, 6.45) is 1.75. The van der Waals surface area contributed by atoms with Crippen LogP contribution in [-0.2, 0) is 22.5 Å². The minimum absolute atomic E-state index is 0.0805. The molecule has 0 aliphatic rings. The molecular formula is C19H28N4O3. The smallest absolute Gasteiger partial charge is 0.240 e. The van der Waals surface area contributed by atoms with Gasteiger partial charge in [-0.2, -0.15) is 4.98 Å². The van der Waals surface area contributed by atoms with Crippen LogP contribution in [0.5, 0.6) is 0 Å². The first kappa shape index (κ1) is 20.1. The highest BCUT2D eigenvalue weighted by Gasteiger charge is 2.16. The van der Waals surface area contributed by atoms with Crippen molar-refractivity contribution >= 4 is 11.6 Å². The predicted octanol–water partition coefficient (Wildman–Crippen LogP) is 2.73. The predicted molar refractivity (Wildman–Crippen MR) is 100.0 cm³/mol. The Kier molecular flexibility index (Phi) is 7.74. The number of nitrogens with one attached hydrogen (secondary N) is 1. The number of carbonyl (C=O) groups excluding carboxylic acids is 1. The molecule has 0 saturated heterocycles. The summed E-state index contributed by atoms with van der Waals surface area (Å²) in [5.41, 5.74) is 3.06. The van der Waals surface area contributed by atoms with Gasteiger partial charge in [-0.3, -0.25) is 9.69 Å². The van der Waals surface area contributed by atoms with Crippen molar-refractivity contribution in [2.75, 3.05) is 32.1 Å². The van der Waals surface area contributed by atoms with E-state index in [4.69, 9.17) is 9.26 Å². The molecule has 1 N–H and O–H groups in total. The van der Waals surface area contributed by atoms with Crippen molar-refractivity contribution in [1.29, 1.82) is 0 Å². The number of hydrogen-bond donors (Lipinski definition) is 1. The standard InChI is InChI=1S/C19H28N4O3/c1-5-7-17-21-19(26-22-17)13-23(10-11-25-4)12-18(24)20-16-9-6-8-14(2)15(16)3/h6,8-9H,5,7,10-13H2,1-4H3,(H,20,24). The molecule has 7 heteroatoms. The highest BCUT2D eigenvalue weighted by atomic mass is 16.5. The molecule has 0 saturated carbocycles. The average molecular weight is 360 g/mol. The van der Waals surface area contributed by atoms with E-state index in [-0.39, 0.29) is 12.5 Å². The molecule has 26 heavy (non-hydrogen) atoms. The van der Waals surface area contributed by atoms with E-state index in [9.17, 15) is 4.79 Å². The van der Waals surface area contributed by atoms with Crippen molar-refractivity contribution in [3.05, 3.63) is 41.0 Å². The van der Waals surface area contributed by atoms with Gasteiger partial charge in [-0.05, 0) is 37.5 Å². The Morgan fingerprint density at radius 2 is 2.15 bits per heavy atom. The summed E-state index contributed by atoms with van der Waals surface area (Å²) >= 11 is 0. The average Bonchev–Trinajstić information content (AvgIpc) is 3.04. The quantitative estimate of drug-likeness (QED) is 0.702. The molecule has 0 bridgehead atoms. The lowest BCUT2D eigenvalue weighted by Gasteiger charge is -2.20. The molecule has 0 fully saturated rings. The molecule has 7 nitrogen and oxygen atoms in total. The van der Waals surface area contributed by atoms with Crippen LogP contribution in [0.2, 0.25) is 0 Å². The maximum Gasteiger partial charge on any atom is 0.240 e. The molecule has 0 atom stereocenters. The number of carbonyl (C=O) groups is 1. The summed E-state index contributed by atoms with van der Waals surface area (Å²) in [4.78, 5) is 18.8. The Bertz CT molecular complexity index is 715. The first-order valence-corrected chi connectivity index (χ1v) is 8.92. The van der Waals surface area contributed by atoms with Crippen LogP contribution in [0.1, 0.15) is 36.2 Å². The topological polar surface area (TPSA) is 80.5 Å². The van der Waals surface area contributed by atoms with Gasteiger partial charge in [-0.1, -0.05) is 24.2 Å². The summed E-state index contributed by atoms with van der Waals surface area (Å²) < 4.78 is 10.4. The molecule has 0 spiro atoms. The lowest BCUT2D eigenvalue weighted by atomic mass is 10.1. The van der Waals surface area contributed by atoms with Gasteiger partial charge in [0.15, 0.2) is 5.82 Å². The van der Waals surface area contributed by atoms with Gasteiger partial charge < -0.3 is 14.6 Å². The van der Waals surface area contributed by atoms with Crippen molar-refractivity contribution in [3.63, 3.8) is 0 Å². The summed E-state index contributed by atoms with van der Waals surface area (Å²) in [6, 6.07) is 5.88. The van der Waals surface area contributed by atoms with Gasteiger partial charge in [0, 0.05) is 25.8 Å². The number of aryl methyl sites for hydroxylation is 2. The zero-order chi connectivity index (χ0) is 18.9. The third kappa shape index (κ3) is 5.93. The van der Waals surface area contributed by atoms with Crippen molar-refractivity contribution < 1.29 is 14.1 Å². The Morgan fingerprint density at radius 1 is 1.35 bits per heavy atom. The second-order valence-corrected chi connectivity index (χ2v) is 6.35. The van der Waals surface area contributed by atoms with E-state index in [1.54, 1.807) is 7.11 Å². The van der Waals surface area contributed by atoms with Crippen LogP contribution in [0.4, 0.5) is 5.69 Å². The first-order valence-electron chi connectivity index (χ1n) is 8.92. The minimum atomic E-state index is -0.0805. The van der Waals surface area contributed by atoms with E-state index in [1.807, 2.05) is 36.9 Å². The van der Waals surface area contributed by atoms with Gasteiger partial charge in [-0.15, -0.1) is 0 Å². The fourth-order valence-electron chi connectivity index (χ4n) is 2.58. The summed E-state index contributed by atoms with van der Waals surface area (Å²) in [5, 5.41) is 6.94. The molecule has 1 amide bonds. The second-order valence-electron chi connectivity index (χ2n) is 6.35. The van der Waals surface area contributed by atoms with Gasteiger partial charge in [0.2, 0.25) is 11.8 Å². The summed E-state index contributed by atoms with van der Waals surface area (Å²) in [5.74, 6) is 1.14. The van der Waals surface area contributed by atoms with E-state index in [0.29, 0.717) is 31.4 Å². The Morgan fingerprint density at radius 3 is 2.88 bits per heavy atom. The number of rotatable bonds is 10. The fraction of sp³-hybridized carbons (Fsp3) is 0.526. The van der Waals surface area contributed by atoms with Crippen LogP contribution in [0, 0.1) is 13.8 Å². The van der Waals surface area contributed by atoms with Crippen molar-refractivity contribution in [2.45, 2.75) is 40.2 Å². The number of methoxy groups -OCH3 is 1.